The molecule has 4 N–H and O–H groups in total. The highest BCUT2D eigenvalue weighted by molar-refractivity contribution is 5.91. The number of amides is 2. The van der Waals surface area contributed by atoms with E-state index < -0.39 is 66.4 Å². The number of aliphatic hydroxyl groups is 1. The Bertz CT molecular complexity index is 1010. The maximum atomic E-state index is 12.8. The zero-order valence-electron chi connectivity index (χ0n) is 24.4. The Morgan fingerprint density at radius 1 is 1.00 bits per heavy atom. The molecule has 0 aromatic carbocycles. The first-order valence-corrected chi connectivity index (χ1v) is 14.6. The largest absolute Gasteiger partial charge is 0.480 e. The SMILES string of the molecule is CC(C)C[C@H](NC(=O)CCC(=O)O[C@@H]1O[C@H]2O[C@]3(C)CC[C@H]4[C@H](C)CC[C@@H]([C@@H]1C)[C@@]24OO3)C(=O)N[C@@H](CO)C(=O)O. The topological polar surface area (TPSA) is 179 Å². The predicted octanol–water partition coefficient (Wildman–Crippen LogP) is 1.61. The molecule has 0 aromatic heterocycles. The molecule has 41 heavy (non-hydrogen) atoms. The van der Waals surface area contributed by atoms with Crippen molar-refractivity contribution in [3.8, 4) is 0 Å². The minimum absolute atomic E-state index is 0.00198. The van der Waals surface area contributed by atoms with E-state index in [1.54, 1.807) is 0 Å². The van der Waals surface area contributed by atoms with Crippen LogP contribution in [0.3, 0.4) is 0 Å². The van der Waals surface area contributed by atoms with Gasteiger partial charge in [0.2, 0.25) is 23.9 Å². The summed E-state index contributed by atoms with van der Waals surface area (Å²) in [6.45, 7) is 8.89. The summed E-state index contributed by atoms with van der Waals surface area (Å²) in [6, 6.07) is -2.52. The summed E-state index contributed by atoms with van der Waals surface area (Å²) in [6.07, 6.45) is 1.49. The molecule has 5 aliphatic rings. The Morgan fingerprint density at radius 2 is 1.73 bits per heavy atom. The van der Waals surface area contributed by atoms with Gasteiger partial charge >= 0.3 is 11.9 Å². The maximum Gasteiger partial charge on any atom is 0.328 e. The highest BCUT2D eigenvalue weighted by atomic mass is 17.3. The van der Waals surface area contributed by atoms with Gasteiger partial charge in [0.05, 0.1) is 13.0 Å². The van der Waals surface area contributed by atoms with Crippen molar-refractivity contribution in [3.05, 3.63) is 0 Å². The second-order valence-electron chi connectivity index (χ2n) is 12.6. The quantitative estimate of drug-likeness (QED) is 0.205. The van der Waals surface area contributed by atoms with Crippen molar-refractivity contribution in [2.75, 3.05) is 6.61 Å². The predicted molar refractivity (Wildman–Crippen MR) is 140 cm³/mol. The molecule has 10 atom stereocenters. The fourth-order valence-corrected chi connectivity index (χ4v) is 6.84. The van der Waals surface area contributed by atoms with Crippen LogP contribution in [-0.2, 0) is 43.2 Å². The Labute approximate surface area is 239 Å². The number of aliphatic hydroxyl groups excluding tert-OH is 1. The van der Waals surface area contributed by atoms with Crippen molar-refractivity contribution in [2.24, 2.45) is 29.6 Å². The number of esters is 1. The Kier molecular flexibility index (Phi) is 9.64. The highest BCUT2D eigenvalue weighted by Crippen LogP contribution is 2.60. The van der Waals surface area contributed by atoms with Crippen LogP contribution in [0, 0.1) is 29.6 Å². The standard InChI is InChI=1S/C28H44N2O11/c1-14(2)12-19(23(34)30-20(13-31)24(35)36)29-21(32)8-9-22(33)37-25-16(4)18-7-6-15(3)17-10-11-27(5)39-26(38-25)28(17,18)41-40-27/h14-20,25-26,31H,6-13H2,1-5H3,(H,29,32)(H,30,34)(H,35,36)/t15-,16+,17+,18+,19+,20+,25-,26+,27+,28-/m1/s1. The molecule has 232 valence electrons. The van der Waals surface area contributed by atoms with Crippen molar-refractivity contribution in [1.82, 2.24) is 10.6 Å². The molecular formula is C28H44N2O11. The third kappa shape index (κ3) is 6.53. The van der Waals surface area contributed by atoms with Gasteiger partial charge < -0.3 is 35.1 Å². The average molecular weight is 585 g/mol. The monoisotopic (exact) mass is 584 g/mol. The van der Waals surface area contributed by atoms with E-state index in [-0.39, 0.29) is 42.9 Å². The fraction of sp³-hybridized carbons (Fsp3) is 0.857. The number of fused-ring (bicyclic) bond motifs is 2. The summed E-state index contributed by atoms with van der Waals surface area (Å²) in [5.41, 5.74) is -0.780. The third-order valence-electron chi connectivity index (χ3n) is 9.06. The average Bonchev–Trinajstić information content (AvgIpc) is 3.13. The van der Waals surface area contributed by atoms with Crippen molar-refractivity contribution >= 4 is 23.8 Å². The number of carbonyl (C=O) groups is 4. The van der Waals surface area contributed by atoms with Crippen molar-refractivity contribution < 1.29 is 53.4 Å². The number of carboxylic acids is 1. The van der Waals surface area contributed by atoms with Gasteiger partial charge in [0.1, 0.15) is 12.1 Å². The molecule has 0 aromatic rings. The zero-order chi connectivity index (χ0) is 30.1. The van der Waals surface area contributed by atoms with E-state index in [0.717, 1.165) is 19.3 Å². The van der Waals surface area contributed by atoms with E-state index in [9.17, 15) is 24.3 Å². The molecule has 5 rings (SSSR count). The van der Waals surface area contributed by atoms with Gasteiger partial charge in [-0.2, -0.15) is 0 Å². The fourth-order valence-electron chi connectivity index (χ4n) is 6.84. The summed E-state index contributed by atoms with van der Waals surface area (Å²) in [7, 11) is 0. The number of hydrogen-bond acceptors (Lipinski definition) is 10. The molecular weight excluding hydrogens is 540 g/mol. The molecule has 4 heterocycles. The zero-order valence-corrected chi connectivity index (χ0v) is 24.4. The number of carboxylic acid groups (broad SMARTS) is 1. The molecule has 1 spiro atoms. The lowest BCUT2D eigenvalue weighted by Crippen LogP contribution is -2.70. The molecule has 1 aliphatic carbocycles. The van der Waals surface area contributed by atoms with Crippen molar-refractivity contribution in [3.63, 3.8) is 0 Å². The van der Waals surface area contributed by atoms with Crippen LogP contribution in [0.25, 0.3) is 0 Å². The van der Waals surface area contributed by atoms with Gasteiger partial charge in [-0.15, -0.1) is 0 Å². The normalized spacial score (nSPS) is 37.3. The number of carbonyl (C=O) groups excluding carboxylic acids is 3. The van der Waals surface area contributed by atoms with E-state index in [0.29, 0.717) is 12.3 Å². The van der Waals surface area contributed by atoms with Gasteiger partial charge in [0, 0.05) is 24.7 Å². The number of nitrogens with one attached hydrogen (secondary N) is 2. The lowest BCUT2D eigenvalue weighted by atomic mass is 9.58. The first-order chi connectivity index (χ1) is 19.3. The van der Waals surface area contributed by atoms with Crippen LogP contribution < -0.4 is 10.6 Å². The Morgan fingerprint density at radius 3 is 2.39 bits per heavy atom. The maximum absolute atomic E-state index is 12.8. The second-order valence-corrected chi connectivity index (χ2v) is 12.6. The first-order valence-electron chi connectivity index (χ1n) is 14.6. The van der Waals surface area contributed by atoms with E-state index >= 15 is 0 Å². The van der Waals surface area contributed by atoms with Crippen LogP contribution in [0.1, 0.15) is 79.6 Å². The number of ether oxygens (including phenoxy) is 3. The van der Waals surface area contributed by atoms with E-state index in [1.807, 2.05) is 27.7 Å². The van der Waals surface area contributed by atoms with E-state index in [1.165, 1.54) is 0 Å². The van der Waals surface area contributed by atoms with Gasteiger partial charge in [0.15, 0.2) is 11.9 Å². The van der Waals surface area contributed by atoms with Crippen LogP contribution >= 0.6 is 0 Å². The van der Waals surface area contributed by atoms with E-state index in [4.69, 9.17) is 29.1 Å². The van der Waals surface area contributed by atoms with Crippen LogP contribution in [0.4, 0.5) is 0 Å². The molecule has 4 saturated heterocycles. The number of hydrogen-bond donors (Lipinski definition) is 4. The van der Waals surface area contributed by atoms with Crippen molar-refractivity contribution in [2.45, 2.75) is 116 Å². The Hall–Kier alpha value is -2.32. The van der Waals surface area contributed by atoms with Crippen LogP contribution in [0.2, 0.25) is 0 Å². The Balaban J connectivity index is 1.35. The molecule has 5 fully saturated rings. The lowest BCUT2D eigenvalue weighted by Gasteiger charge is -2.59. The minimum Gasteiger partial charge on any atom is -0.480 e. The second kappa shape index (κ2) is 12.5. The third-order valence-corrected chi connectivity index (χ3v) is 9.06. The van der Waals surface area contributed by atoms with Gasteiger partial charge in [-0.3, -0.25) is 14.4 Å². The summed E-state index contributed by atoms with van der Waals surface area (Å²) in [5.74, 6) is -3.92. The summed E-state index contributed by atoms with van der Waals surface area (Å²) in [4.78, 5) is 61.2. The molecule has 2 bridgehead atoms. The van der Waals surface area contributed by atoms with Crippen LogP contribution in [-0.4, -0.2) is 76.6 Å². The minimum atomic E-state index is -1.49. The molecule has 13 heteroatoms. The van der Waals surface area contributed by atoms with Gasteiger partial charge in [-0.25, -0.2) is 14.6 Å². The van der Waals surface area contributed by atoms with Gasteiger partial charge in [0.25, 0.3) is 0 Å². The first kappa shape index (κ1) is 31.6. The van der Waals surface area contributed by atoms with Crippen molar-refractivity contribution in [1.29, 1.82) is 0 Å². The van der Waals surface area contributed by atoms with Gasteiger partial charge in [-0.05, 0) is 50.4 Å². The molecule has 13 nitrogen and oxygen atoms in total. The molecule has 0 radical (unpaired) electrons. The van der Waals surface area contributed by atoms with E-state index in [2.05, 4.69) is 17.6 Å². The summed E-state index contributed by atoms with van der Waals surface area (Å²) >= 11 is 0. The summed E-state index contributed by atoms with van der Waals surface area (Å²) in [5, 5.41) is 23.1. The van der Waals surface area contributed by atoms with Crippen LogP contribution in [0.5, 0.6) is 0 Å². The molecule has 1 saturated carbocycles. The number of rotatable bonds is 11. The summed E-state index contributed by atoms with van der Waals surface area (Å²) < 4.78 is 18.2. The van der Waals surface area contributed by atoms with Crippen LogP contribution in [0.15, 0.2) is 0 Å². The molecule has 0 unspecified atom stereocenters. The smallest absolute Gasteiger partial charge is 0.328 e. The lowest BCUT2D eigenvalue weighted by molar-refractivity contribution is -0.576. The highest BCUT2D eigenvalue weighted by Gasteiger charge is 2.69. The molecule has 2 amide bonds. The number of aliphatic carboxylic acids is 1. The van der Waals surface area contributed by atoms with Gasteiger partial charge in [-0.1, -0.05) is 27.7 Å². The molecule has 4 aliphatic heterocycles.